The van der Waals surface area contributed by atoms with Gasteiger partial charge in [-0.05, 0) is 0 Å². The van der Waals surface area contributed by atoms with Crippen molar-refractivity contribution in [3.8, 4) is 0 Å². The van der Waals surface area contributed by atoms with E-state index in [1.807, 2.05) is 0 Å². The Morgan fingerprint density at radius 2 is 0.968 bits per heavy atom. The van der Waals surface area contributed by atoms with E-state index < -0.39 is 0 Å². The Kier molecular flexibility index (Phi) is 17.6. The smallest absolute Gasteiger partial charge is 0.264 e. The van der Waals surface area contributed by atoms with Gasteiger partial charge in [0.15, 0.2) is 0 Å². The van der Waals surface area contributed by atoms with E-state index in [1.165, 1.54) is 94.5 Å². The van der Waals surface area contributed by atoms with Crippen LogP contribution in [0, 0.1) is 0 Å². The van der Waals surface area contributed by atoms with E-state index in [9.17, 15) is 9.59 Å². The van der Waals surface area contributed by atoms with Gasteiger partial charge in [0.2, 0.25) is 10.0 Å². The number of carbonyl (C=O) groups is 2. The van der Waals surface area contributed by atoms with Crippen LogP contribution in [0.2, 0.25) is 0 Å². The monoisotopic (exact) mass is 588 g/mol. The lowest BCUT2D eigenvalue weighted by molar-refractivity contribution is 0.0924. The van der Waals surface area contributed by atoms with Crippen LogP contribution in [0.15, 0.2) is 50.6 Å². The van der Waals surface area contributed by atoms with E-state index in [2.05, 4.69) is 36.5 Å². The SMILES string of the molecule is C=CCSSN(SSCC=C)C(=O)c1nnc(C(=O)N(SSCC=C)SSCC=C)s1. The normalized spacial score (nSPS) is 10.3. The van der Waals surface area contributed by atoms with Gasteiger partial charge in [-0.2, -0.15) is 0 Å². The van der Waals surface area contributed by atoms with E-state index in [-0.39, 0.29) is 21.8 Å². The van der Waals surface area contributed by atoms with Gasteiger partial charge in [-0.3, -0.25) is 9.59 Å². The average molecular weight is 589 g/mol. The molecule has 1 aromatic rings. The van der Waals surface area contributed by atoms with Crippen LogP contribution in [-0.2, 0) is 0 Å². The molecule has 0 aliphatic carbocycles. The largest absolute Gasteiger partial charge is 0.306 e. The third-order valence-electron chi connectivity index (χ3n) is 2.35. The molecule has 0 fully saturated rings. The first-order valence-electron chi connectivity index (χ1n) is 8.23. The van der Waals surface area contributed by atoms with Crippen LogP contribution < -0.4 is 0 Å². The van der Waals surface area contributed by atoms with Crippen LogP contribution in [0.25, 0.3) is 0 Å². The van der Waals surface area contributed by atoms with E-state index in [0.29, 0.717) is 23.0 Å². The molecular weight excluding hydrogens is 569 g/mol. The maximum atomic E-state index is 12.9. The number of amides is 2. The maximum absolute atomic E-state index is 12.9. The molecule has 0 aromatic carbocycles. The number of rotatable bonds is 18. The molecule has 1 heterocycles. The van der Waals surface area contributed by atoms with Crippen molar-refractivity contribution >= 4 is 110 Å². The molecule has 0 aliphatic rings. The molecule has 2 amide bonds. The van der Waals surface area contributed by atoms with Crippen molar-refractivity contribution in [1.82, 2.24) is 17.6 Å². The van der Waals surface area contributed by atoms with Crippen LogP contribution in [0.3, 0.4) is 0 Å². The van der Waals surface area contributed by atoms with Crippen LogP contribution in [0.1, 0.15) is 19.6 Å². The molecule has 6 nitrogen and oxygen atoms in total. The number of hydrogen-bond acceptors (Lipinski definition) is 13. The van der Waals surface area contributed by atoms with Crippen molar-refractivity contribution in [3.05, 3.63) is 60.6 Å². The summed E-state index contributed by atoms with van der Waals surface area (Å²) >= 11 is 0.987. The number of carbonyl (C=O) groups excluding carboxylic acids is 2. The van der Waals surface area contributed by atoms with E-state index in [1.54, 1.807) is 24.3 Å². The molecule has 1 aromatic heterocycles. The number of hydrogen-bond donors (Lipinski definition) is 0. The van der Waals surface area contributed by atoms with Crippen LogP contribution >= 0.6 is 98.4 Å². The third-order valence-corrected chi connectivity index (χ3v) is 13.1. The highest BCUT2D eigenvalue weighted by molar-refractivity contribution is 8.84. The van der Waals surface area contributed by atoms with Gasteiger partial charge in [-0.15, -0.1) is 36.5 Å². The molecule has 31 heavy (non-hydrogen) atoms. The summed E-state index contributed by atoms with van der Waals surface area (Å²) in [5.74, 6) is 2.14. The van der Waals surface area contributed by atoms with Crippen molar-refractivity contribution in [1.29, 1.82) is 0 Å². The molecule has 0 saturated carbocycles. The predicted molar refractivity (Wildman–Crippen MR) is 153 cm³/mol. The fourth-order valence-electron chi connectivity index (χ4n) is 1.22. The van der Waals surface area contributed by atoms with Gasteiger partial charge in [0, 0.05) is 66.9 Å². The van der Waals surface area contributed by atoms with Crippen LogP contribution in [0.4, 0.5) is 0 Å². The molecule has 0 atom stereocenters. The first-order chi connectivity index (χ1) is 15.1. The molecule has 0 spiro atoms. The van der Waals surface area contributed by atoms with Crippen LogP contribution in [0.5, 0.6) is 0 Å². The van der Waals surface area contributed by atoms with Crippen LogP contribution in [-0.4, -0.2) is 52.4 Å². The summed E-state index contributed by atoms with van der Waals surface area (Å²) in [6, 6.07) is 0. The lowest BCUT2D eigenvalue weighted by Gasteiger charge is -2.16. The molecule has 0 radical (unpaired) electrons. The Morgan fingerprint density at radius 1 is 0.677 bits per heavy atom. The van der Waals surface area contributed by atoms with Gasteiger partial charge in [0.05, 0.1) is 0 Å². The Labute approximate surface area is 219 Å². The second-order valence-electron chi connectivity index (χ2n) is 4.63. The zero-order chi connectivity index (χ0) is 22.9. The zero-order valence-corrected chi connectivity index (χ0v) is 23.6. The second-order valence-corrected chi connectivity index (χ2v) is 15.0. The molecule has 0 N–H and O–H groups in total. The minimum Gasteiger partial charge on any atom is -0.264 e. The summed E-state index contributed by atoms with van der Waals surface area (Å²) in [6.07, 6.45) is 7.06. The first-order valence-corrected chi connectivity index (χ1v) is 18.1. The second kappa shape index (κ2) is 18.7. The lowest BCUT2D eigenvalue weighted by atomic mass is 10.7. The summed E-state index contributed by atoms with van der Waals surface area (Å²) in [5.41, 5.74) is 0. The first kappa shape index (κ1) is 29.3. The lowest BCUT2D eigenvalue weighted by Crippen LogP contribution is -2.16. The third kappa shape index (κ3) is 11.8. The Balaban J connectivity index is 2.87. The fourth-order valence-corrected chi connectivity index (χ4v) is 11.2. The average Bonchev–Trinajstić information content (AvgIpc) is 3.27. The Bertz CT molecular complexity index is 660. The predicted octanol–water partition coefficient (Wildman–Crippen LogP) is 7.35. The van der Waals surface area contributed by atoms with Gasteiger partial charge >= 0.3 is 11.8 Å². The highest BCUT2D eigenvalue weighted by Gasteiger charge is 2.27. The fraction of sp³-hybridized carbons (Fsp3) is 0.250. The van der Waals surface area contributed by atoms with Crippen molar-refractivity contribution in [2.45, 2.75) is 0 Å². The standard InChI is InChI=1S/C16H20N4O2S9/c1-5-9-23-28-19(29-24-10-6-2)15(21)13-17-18-14(27-13)16(22)20(30-25-11-7-3)31-26-12-8-4/h5-8H,1-4,9-12H2. The molecule has 170 valence electrons. The highest BCUT2D eigenvalue weighted by Crippen LogP contribution is 2.41. The van der Waals surface area contributed by atoms with Gasteiger partial charge in [-0.1, -0.05) is 78.8 Å². The molecule has 0 saturated heterocycles. The van der Waals surface area contributed by atoms with Crippen molar-refractivity contribution in [2.75, 3.05) is 23.0 Å². The van der Waals surface area contributed by atoms with Gasteiger partial charge < -0.3 is 0 Å². The molecule has 0 unspecified atom stereocenters. The minimum absolute atomic E-state index is 0.161. The molecule has 0 bridgehead atoms. The summed E-state index contributed by atoms with van der Waals surface area (Å²) < 4.78 is 3.05. The molecule has 0 aliphatic heterocycles. The van der Waals surface area contributed by atoms with E-state index in [0.717, 1.165) is 11.3 Å². The topological polar surface area (TPSA) is 66.4 Å². The Hall–Kier alpha value is 0.260. The number of aromatic nitrogens is 2. The molecule has 1 rings (SSSR count). The maximum Gasteiger partial charge on any atom is 0.306 e. The summed E-state index contributed by atoms with van der Waals surface area (Å²) in [5, 5.41) is 8.26. The quantitative estimate of drug-likeness (QED) is 0.0745. The van der Waals surface area contributed by atoms with E-state index in [4.69, 9.17) is 0 Å². The minimum atomic E-state index is -0.311. The van der Waals surface area contributed by atoms with Gasteiger partial charge in [0.1, 0.15) is 0 Å². The Morgan fingerprint density at radius 3 is 1.23 bits per heavy atom. The summed E-state index contributed by atoms with van der Waals surface area (Å²) in [4.78, 5) is 25.8. The zero-order valence-electron chi connectivity index (χ0n) is 16.2. The summed E-state index contributed by atoms with van der Waals surface area (Å²) in [7, 11) is 11.1. The molecule has 15 heteroatoms. The highest BCUT2D eigenvalue weighted by atomic mass is 33.2. The van der Waals surface area contributed by atoms with Gasteiger partial charge in [0.25, 0.3) is 0 Å². The number of nitrogens with zero attached hydrogens (tertiary/aromatic N) is 4. The van der Waals surface area contributed by atoms with Crippen molar-refractivity contribution in [3.63, 3.8) is 0 Å². The van der Waals surface area contributed by atoms with Crippen molar-refractivity contribution in [2.24, 2.45) is 0 Å². The van der Waals surface area contributed by atoms with Crippen molar-refractivity contribution < 1.29 is 9.59 Å². The summed E-state index contributed by atoms with van der Waals surface area (Å²) in [6.45, 7) is 14.7. The van der Waals surface area contributed by atoms with E-state index >= 15 is 0 Å². The van der Waals surface area contributed by atoms with Gasteiger partial charge in [-0.25, -0.2) is 7.42 Å². The molecular formula is C16H20N4O2S9.